The lowest BCUT2D eigenvalue weighted by atomic mass is 10.0. The Kier molecular flexibility index (Phi) is 5.46. The van der Waals surface area contributed by atoms with E-state index in [0.29, 0.717) is 24.6 Å². The second-order valence-corrected chi connectivity index (χ2v) is 7.90. The molecule has 1 aliphatic heterocycles. The number of carbonyl (C=O) groups is 1. The van der Waals surface area contributed by atoms with Crippen LogP contribution in [0.4, 0.5) is 5.69 Å². The van der Waals surface area contributed by atoms with Crippen LogP contribution >= 0.6 is 0 Å². The highest BCUT2D eigenvalue weighted by atomic mass is 16.5. The van der Waals surface area contributed by atoms with Crippen molar-refractivity contribution in [3.8, 4) is 5.88 Å². The van der Waals surface area contributed by atoms with E-state index < -0.39 is 0 Å². The first kappa shape index (κ1) is 20.1. The number of hydrogen-bond donors (Lipinski definition) is 1. The number of piperidine rings is 1. The van der Waals surface area contributed by atoms with Crippen LogP contribution in [0, 0.1) is 0 Å². The summed E-state index contributed by atoms with van der Waals surface area (Å²) in [6.45, 7) is 1.22. The molecule has 1 aliphatic rings. The van der Waals surface area contributed by atoms with Crippen LogP contribution in [0.2, 0.25) is 0 Å². The standard InChI is InChI=1S/C25H23N3O4/c29-23(16-31-25-19-6-2-1-5-17(19)9-12-26-25)28-13-10-18(11-14-28)27-21-15-24(30)32-22-8-4-3-7-20(21)22/h1-9,12,15,18,27H,10-11,13-14,16H2. The molecule has 162 valence electrons. The Bertz CT molecular complexity index is 1320. The number of pyridine rings is 1. The first-order valence-electron chi connectivity index (χ1n) is 10.7. The second-order valence-electron chi connectivity index (χ2n) is 7.90. The van der Waals surface area contributed by atoms with Gasteiger partial charge in [-0.25, -0.2) is 9.78 Å². The first-order valence-corrected chi connectivity index (χ1v) is 10.7. The number of nitrogens with one attached hydrogen (secondary N) is 1. The van der Waals surface area contributed by atoms with Gasteiger partial charge in [0, 0.05) is 42.2 Å². The van der Waals surface area contributed by atoms with Gasteiger partial charge in [-0.2, -0.15) is 0 Å². The minimum Gasteiger partial charge on any atom is -0.467 e. The summed E-state index contributed by atoms with van der Waals surface area (Å²) in [6, 6.07) is 18.9. The number of rotatable bonds is 5. The Balaban J connectivity index is 1.19. The Hall–Kier alpha value is -3.87. The Morgan fingerprint density at radius 2 is 1.81 bits per heavy atom. The lowest BCUT2D eigenvalue weighted by Crippen LogP contribution is -2.44. The molecular weight excluding hydrogens is 406 g/mol. The van der Waals surface area contributed by atoms with Crippen molar-refractivity contribution in [1.82, 2.24) is 9.88 Å². The third kappa shape index (κ3) is 4.14. The predicted molar refractivity (Wildman–Crippen MR) is 123 cm³/mol. The van der Waals surface area contributed by atoms with Crippen molar-refractivity contribution in [3.63, 3.8) is 0 Å². The molecule has 0 spiro atoms. The number of ether oxygens (including phenoxy) is 1. The number of fused-ring (bicyclic) bond motifs is 2. The summed E-state index contributed by atoms with van der Waals surface area (Å²) in [5.74, 6) is 0.423. The van der Waals surface area contributed by atoms with Gasteiger partial charge in [0.05, 0.1) is 5.69 Å². The maximum atomic E-state index is 12.7. The highest BCUT2D eigenvalue weighted by Crippen LogP contribution is 2.25. The molecule has 1 amide bonds. The van der Waals surface area contributed by atoms with Gasteiger partial charge in [0.15, 0.2) is 6.61 Å². The second kappa shape index (κ2) is 8.70. The molecule has 3 heterocycles. The summed E-state index contributed by atoms with van der Waals surface area (Å²) in [7, 11) is 0. The van der Waals surface area contributed by atoms with Crippen molar-refractivity contribution < 1.29 is 13.9 Å². The third-order valence-electron chi connectivity index (χ3n) is 5.83. The highest BCUT2D eigenvalue weighted by Gasteiger charge is 2.24. The van der Waals surface area contributed by atoms with Gasteiger partial charge in [-0.3, -0.25) is 4.79 Å². The van der Waals surface area contributed by atoms with Crippen LogP contribution in [-0.4, -0.2) is 41.5 Å². The van der Waals surface area contributed by atoms with E-state index in [1.165, 1.54) is 6.07 Å². The maximum Gasteiger partial charge on any atom is 0.338 e. The molecule has 5 rings (SSSR count). The van der Waals surface area contributed by atoms with Crippen LogP contribution in [0.15, 0.2) is 76.1 Å². The minimum atomic E-state index is -0.377. The normalized spacial score (nSPS) is 14.6. The molecule has 0 unspecified atom stereocenters. The fraction of sp³-hybridized carbons (Fsp3) is 0.240. The Morgan fingerprint density at radius 1 is 1.06 bits per heavy atom. The minimum absolute atomic E-state index is 0.0382. The van der Waals surface area contributed by atoms with Gasteiger partial charge in [-0.1, -0.05) is 30.3 Å². The van der Waals surface area contributed by atoms with Crippen LogP contribution < -0.4 is 15.7 Å². The average molecular weight is 429 g/mol. The number of amides is 1. The number of carbonyl (C=O) groups excluding carboxylic acids is 1. The third-order valence-corrected chi connectivity index (χ3v) is 5.83. The molecule has 0 bridgehead atoms. The van der Waals surface area contributed by atoms with Crippen molar-refractivity contribution in [3.05, 3.63) is 77.3 Å². The molecule has 7 heteroatoms. The van der Waals surface area contributed by atoms with Gasteiger partial charge in [-0.05, 0) is 42.5 Å². The number of para-hydroxylation sites is 1. The molecule has 4 aromatic rings. The molecule has 0 radical (unpaired) electrons. The van der Waals surface area contributed by atoms with Crippen molar-refractivity contribution >= 4 is 33.3 Å². The van der Waals surface area contributed by atoms with Crippen molar-refractivity contribution in [2.24, 2.45) is 0 Å². The predicted octanol–water partition coefficient (Wildman–Crippen LogP) is 3.82. The molecule has 32 heavy (non-hydrogen) atoms. The van der Waals surface area contributed by atoms with Crippen LogP contribution in [0.5, 0.6) is 5.88 Å². The molecule has 1 N–H and O–H groups in total. The van der Waals surface area contributed by atoms with E-state index in [4.69, 9.17) is 9.15 Å². The Morgan fingerprint density at radius 3 is 2.66 bits per heavy atom. The van der Waals surface area contributed by atoms with E-state index in [9.17, 15) is 9.59 Å². The highest BCUT2D eigenvalue weighted by molar-refractivity contribution is 5.89. The van der Waals surface area contributed by atoms with Gasteiger partial charge in [-0.15, -0.1) is 0 Å². The van der Waals surface area contributed by atoms with Crippen molar-refractivity contribution in [1.29, 1.82) is 0 Å². The summed E-state index contributed by atoms with van der Waals surface area (Å²) in [5, 5.41) is 6.26. The van der Waals surface area contributed by atoms with E-state index in [0.717, 1.165) is 34.7 Å². The number of anilines is 1. The van der Waals surface area contributed by atoms with Gasteiger partial charge >= 0.3 is 5.63 Å². The summed E-state index contributed by atoms with van der Waals surface area (Å²) in [6.07, 6.45) is 3.26. The molecule has 0 atom stereocenters. The van der Waals surface area contributed by atoms with Crippen LogP contribution in [0.25, 0.3) is 21.7 Å². The molecule has 7 nitrogen and oxygen atoms in total. The smallest absolute Gasteiger partial charge is 0.338 e. The number of nitrogens with zero attached hydrogens (tertiary/aromatic N) is 2. The SMILES string of the molecule is O=C(COc1nccc2ccccc12)N1CCC(Nc2cc(=O)oc3ccccc23)CC1. The zero-order chi connectivity index (χ0) is 21.9. The first-order chi connectivity index (χ1) is 15.7. The summed E-state index contributed by atoms with van der Waals surface area (Å²) < 4.78 is 11.0. The van der Waals surface area contributed by atoms with Gasteiger partial charge in [0.1, 0.15) is 5.58 Å². The topological polar surface area (TPSA) is 84.7 Å². The van der Waals surface area contributed by atoms with E-state index in [1.807, 2.05) is 53.4 Å². The summed E-state index contributed by atoms with van der Waals surface area (Å²) in [5.41, 5.74) is 0.958. The van der Waals surface area contributed by atoms with Crippen molar-refractivity contribution in [2.75, 3.05) is 25.0 Å². The lowest BCUT2D eigenvalue weighted by molar-refractivity contribution is -0.134. The number of aromatic nitrogens is 1. The molecule has 0 aliphatic carbocycles. The molecule has 1 saturated heterocycles. The van der Waals surface area contributed by atoms with Gasteiger partial charge < -0.3 is 19.4 Å². The summed E-state index contributed by atoms with van der Waals surface area (Å²) >= 11 is 0. The summed E-state index contributed by atoms with van der Waals surface area (Å²) in [4.78, 5) is 30.7. The molecule has 2 aromatic heterocycles. The van der Waals surface area contributed by atoms with Crippen LogP contribution in [0.3, 0.4) is 0 Å². The zero-order valence-electron chi connectivity index (χ0n) is 17.5. The quantitative estimate of drug-likeness (QED) is 0.486. The van der Waals surface area contributed by atoms with Gasteiger partial charge in [0.25, 0.3) is 5.91 Å². The Labute approximate surface area is 184 Å². The van der Waals surface area contributed by atoms with Gasteiger partial charge in [0.2, 0.25) is 5.88 Å². The number of hydrogen-bond acceptors (Lipinski definition) is 6. The zero-order valence-corrected chi connectivity index (χ0v) is 17.5. The monoisotopic (exact) mass is 429 g/mol. The van der Waals surface area contributed by atoms with Crippen molar-refractivity contribution in [2.45, 2.75) is 18.9 Å². The number of likely N-dealkylation sites (tertiary alicyclic amines) is 1. The average Bonchev–Trinajstić information content (AvgIpc) is 2.83. The van der Waals surface area contributed by atoms with Crippen LogP contribution in [-0.2, 0) is 4.79 Å². The van der Waals surface area contributed by atoms with E-state index >= 15 is 0 Å². The maximum absolute atomic E-state index is 12.7. The lowest BCUT2D eigenvalue weighted by Gasteiger charge is -2.33. The largest absolute Gasteiger partial charge is 0.467 e. The van der Waals surface area contributed by atoms with E-state index in [2.05, 4.69) is 10.3 Å². The molecule has 0 saturated carbocycles. The van der Waals surface area contributed by atoms with E-state index in [1.54, 1.807) is 12.3 Å². The van der Waals surface area contributed by atoms with Crippen LogP contribution in [0.1, 0.15) is 12.8 Å². The fourth-order valence-electron chi connectivity index (χ4n) is 4.15. The molecular formula is C25H23N3O4. The molecule has 2 aromatic carbocycles. The molecule has 1 fully saturated rings. The fourth-order valence-corrected chi connectivity index (χ4v) is 4.15. The number of benzene rings is 2. The van der Waals surface area contributed by atoms with E-state index in [-0.39, 0.29) is 24.2 Å².